The number of rotatable bonds is 5. The summed E-state index contributed by atoms with van der Waals surface area (Å²) in [7, 11) is 0. The number of hydrogen-bond acceptors (Lipinski definition) is 3. The maximum atomic E-state index is 11.7. The van der Waals surface area contributed by atoms with Gasteiger partial charge in [0, 0.05) is 38.0 Å². The first-order valence-corrected chi connectivity index (χ1v) is 9.62. The monoisotopic (exact) mass is 486 g/mol. The molecule has 0 aromatic heterocycles. The number of amides is 1. The summed E-state index contributed by atoms with van der Waals surface area (Å²) in [5, 5.41) is 6.41. The molecule has 0 bridgehead atoms. The summed E-state index contributed by atoms with van der Waals surface area (Å²) < 4.78 is 5.93. The van der Waals surface area contributed by atoms with Crippen molar-refractivity contribution < 1.29 is 9.53 Å². The molecule has 0 saturated carbocycles. The predicted molar refractivity (Wildman–Crippen MR) is 119 cm³/mol. The Hall–Kier alpha value is -1.51. The number of halogens is 1. The molecule has 1 spiro atoms. The van der Waals surface area contributed by atoms with E-state index in [9.17, 15) is 4.79 Å². The fourth-order valence-electron chi connectivity index (χ4n) is 3.84. The van der Waals surface area contributed by atoms with E-state index in [0.29, 0.717) is 13.0 Å². The summed E-state index contributed by atoms with van der Waals surface area (Å²) >= 11 is 0. The summed E-state index contributed by atoms with van der Waals surface area (Å²) in [5.74, 6) is 1.97. The van der Waals surface area contributed by atoms with Crippen LogP contribution in [0.5, 0.6) is 5.75 Å². The standard InChI is InChI=1S/C20H30N4O2.HI/c1-3-21-19(22-13-16(2)26-17-8-5-4-6-9-17)24-11-7-10-20(15-24)12-18(25)23-14-20;/h4-6,8-9,16H,3,7,10-15H2,1-2H3,(H,21,22)(H,23,25);1H. The zero-order valence-corrected chi connectivity index (χ0v) is 18.6. The summed E-state index contributed by atoms with van der Waals surface area (Å²) in [6.45, 7) is 8.19. The molecule has 2 aliphatic heterocycles. The molecule has 2 aliphatic rings. The van der Waals surface area contributed by atoms with Gasteiger partial charge in [0.25, 0.3) is 0 Å². The molecule has 2 unspecified atom stereocenters. The van der Waals surface area contributed by atoms with Crippen LogP contribution in [0.3, 0.4) is 0 Å². The van der Waals surface area contributed by atoms with Crippen molar-refractivity contribution in [1.29, 1.82) is 0 Å². The number of guanidine groups is 1. The van der Waals surface area contributed by atoms with Gasteiger partial charge in [-0.3, -0.25) is 4.79 Å². The zero-order valence-electron chi connectivity index (χ0n) is 16.2. The highest BCUT2D eigenvalue weighted by Gasteiger charge is 2.42. The molecular weight excluding hydrogens is 455 g/mol. The molecule has 150 valence electrons. The van der Waals surface area contributed by atoms with E-state index in [2.05, 4.69) is 22.5 Å². The zero-order chi connectivity index (χ0) is 18.4. The van der Waals surface area contributed by atoms with Crippen molar-refractivity contribution in [3.05, 3.63) is 30.3 Å². The molecule has 2 saturated heterocycles. The van der Waals surface area contributed by atoms with Gasteiger partial charge in [0.1, 0.15) is 11.9 Å². The predicted octanol–water partition coefficient (Wildman–Crippen LogP) is 2.64. The Morgan fingerprint density at radius 3 is 2.85 bits per heavy atom. The van der Waals surface area contributed by atoms with Crippen LogP contribution in [0.25, 0.3) is 0 Å². The van der Waals surface area contributed by atoms with E-state index in [1.54, 1.807) is 0 Å². The molecule has 0 aliphatic carbocycles. The van der Waals surface area contributed by atoms with Gasteiger partial charge in [-0.15, -0.1) is 24.0 Å². The first-order chi connectivity index (χ1) is 12.6. The number of ether oxygens (including phenoxy) is 1. The van der Waals surface area contributed by atoms with Gasteiger partial charge in [-0.05, 0) is 38.8 Å². The molecular formula is C20H31IN4O2. The highest BCUT2D eigenvalue weighted by molar-refractivity contribution is 14.0. The van der Waals surface area contributed by atoms with E-state index in [0.717, 1.165) is 50.7 Å². The minimum absolute atomic E-state index is 0. The van der Waals surface area contributed by atoms with Gasteiger partial charge in [0.2, 0.25) is 5.91 Å². The SMILES string of the molecule is CCNC(=NCC(C)Oc1ccccc1)N1CCCC2(CNC(=O)C2)C1.I. The third kappa shape index (κ3) is 5.99. The molecule has 2 atom stereocenters. The lowest BCUT2D eigenvalue weighted by Gasteiger charge is -2.40. The largest absolute Gasteiger partial charge is 0.489 e. The number of nitrogens with zero attached hydrogens (tertiary/aromatic N) is 2. The van der Waals surface area contributed by atoms with Crippen molar-refractivity contribution in [2.75, 3.05) is 32.7 Å². The second-order valence-electron chi connectivity index (χ2n) is 7.41. The van der Waals surface area contributed by atoms with E-state index in [1.165, 1.54) is 0 Å². The van der Waals surface area contributed by atoms with Crippen LogP contribution in [0.15, 0.2) is 35.3 Å². The maximum absolute atomic E-state index is 11.7. The van der Waals surface area contributed by atoms with Crippen LogP contribution in [0.1, 0.15) is 33.1 Å². The maximum Gasteiger partial charge on any atom is 0.220 e. The lowest BCUT2D eigenvalue weighted by Crippen LogP contribution is -2.51. The lowest BCUT2D eigenvalue weighted by molar-refractivity contribution is -0.119. The highest BCUT2D eigenvalue weighted by atomic mass is 127. The lowest BCUT2D eigenvalue weighted by atomic mass is 9.79. The summed E-state index contributed by atoms with van der Waals surface area (Å²) in [4.78, 5) is 18.8. The highest BCUT2D eigenvalue weighted by Crippen LogP contribution is 2.36. The van der Waals surface area contributed by atoms with Gasteiger partial charge in [-0.1, -0.05) is 18.2 Å². The molecule has 0 radical (unpaired) electrons. The van der Waals surface area contributed by atoms with E-state index in [4.69, 9.17) is 9.73 Å². The second kappa shape index (κ2) is 10.1. The number of para-hydroxylation sites is 1. The number of aliphatic imine (C=N–C) groups is 1. The molecule has 2 N–H and O–H groups in total. The Morgan fingerprint density at radius 1 is 1.41 bits per heavy atom. The summed E-state index contributed by atoms with van der Waals surface area (Å²) in [6, 6.07) is 9.85. The van der Waals surface area contributed by atoms with Crippen LogP contribution in [0.4, 0.5) is 0 Å². The van der Waals surface area contributed by atoms with Crippen molar-refractivity contribution >= 4 is 35.8 Å². The topological polar surface area (TPSA) is 66.0 Å². The minimum atomic E-state index is -0.000433. The average Bonchev–Trinajstić information content (AvgIpc) is 2.99. The van der Waals surface area contributed by atoms with Crippen molar-refractivity contribution in [2.24, 2.45) is 10.4 Å². The fourth-order valence-corrected chi connectivity index (χ4v) is 3.84. The summed E-state index contributed by atoms with van der Waals surface area (Å²) in [6.07, 6.45) is 2.83. The van der Waals surface area contributed by atoms with Crippen LogP contribution in [0, 0.1) is 5.41 Å². The third-order valence-electron chi connectivity index (χ3n) is 5.07. The minimum Gasteiger partial charge on any atom is -0.489 e. The normalized spacial score (nSPS) is 23.6. The number of carbonyl (C=O) groups excluding carboxylic acids is 1. The first kappa shape index (κ1) is 21.8. The number of likely N-dealkylation sites (tertiary alicyclic amines) is 1. The molecule has 7 heteroatoms. The molecule has 6 nitrogen and oxygen atoms in total. The molecule has 2 fully saturated rings. The van der Waals surface area contributed by atoms with Gasteiger partial charge in [0.05, 0.1) is 6.54 Å². The van der Waals surface area contributed by atoms with Crippen LogP contribution < -0.4 is 15.4 Å². The molecule has 1 aromatic carbocycles. The van der Waals surface area contributed by atoms with Crippen LogP contribution in [-0.2, 0) is 4.79 Å². The van der Waals surface area contributed by atoms with Gasteiger partial charge in [0.15, 0.2) is 5.96 Å². The Balaban J connectivity index is 0.00000261. The Labute approximate surface area is 179 Å². The van der Waals surface area contributed by atoms with E-state index >= 15 is 0 Å². The Morgan fingerprint density at radius 2 is 2.19 bits per heavy atom. The van der Waals surface area contributed by atoms with Gasteiger partial charge < -0.3 is 20.3 Å². The van der Waals surface area contributed by atoms with E-state index in [1.807, 2.05) is 37.3 Å². The average molecular weight is 486 g/mol. The number of nitrogens with one attached hydrogen (secondary N) is 2. The summed E-state index contributed by atoms with van der Waals surface area (Å²) in [5.41, 5.74) is 0.0671. The van der Waals surface area contributed by atoms with Crippen molar-refractivity contribution in [1.82, 2.24) is 15.5 Å². The van der Waals surface area contributed by atoms with E-state index < -0.39 is 0 Å². The van der Waals surface area contributed by atoms with Crippen molar-refractivity contribution in [2.45, 2.75) is 39.2 Å². The molecule has 3 rings (SSSR count). The Kier molecular flexibility index (Phi) is 8.19. The van der Waals surface area contributed by atoms with Crippen LogP contribution >= 0.6 is 24.0 Å². The van der Waals surface area contributed by atoms with Gasteiger partial charge in [-0.25, -0.2) is 4.99 Å². The smallest absolute Gasteiger partial charge is 0.220 e. The first-order valence-electron chi connectivity index (χ1n) is 9.62. The van der Waals surface area contributed by atoms with Crippen LogP contribution in [-0.4, -0.2) is 55.6 Å². The number of carbonyl (C=O) groups is 1. The van der Waals surface area contributed by atoms with Crippen molar-refractivity contribution in [3.63, 3.8) is 0 Å². The number of piperidine rings is 1. The van der Waals surface area contributed by atoms with Gasteiger partial charge in [-0.2, -0.15) is 0 Å². The molecule has 1 aromatic rings. The molecule has 2 heterocycles. The third-order valence-corrected chi connectivity index (χ3v) is 5.07. The fraction of sp³-hybridized carbons (Fsp3) is 0.600. The number of hydrogen-bond donors (Lipinski definition) is 2. The second-order valence-corrected chi connectivity index (χ2v) is 7.41. The van der Waals surface area contributed by atoms with Gasteiger partial charge >= 0.3 is 0 Å². The Bertz CT molecular complexity index is 640. The van der Waals surface area contributed by atoms with Crippen LogP contribution in [0.2, 0.25) is 0 Å². The quantitative estimate of drug-likeness (QED) is 0.382. The molecule has 1 amide bonds. The van der Waals surface area contributed by atoms with Crippen molar-refractivity contribution in [3.8, 4) is 5.75 Å². The van der Waals surface area contributed by atoms with E-state index in [-0.39, 0.29) is 41.4 Å². The molecule has 27 heavy (non-hydrogen) atoms. The number of benzene rings is 1.